The molecule has 23 heavy (non-hydrogen) atoms. The summed E-state index contributed by atoms with van der Waals surface area (Å²) < 4.78 is 0. The third kappa shape index (κ3) is 3.59. The number of carbonyl (C=O) groups excluding carboxylic acids is 2. The summed E-state index contributed by atoms with van der Waals surface area (Å²) in [5, 5.41) is 1.31. The molecule has 0 bridgehead atoms. The number of nitrogens with zero attached hydrogens (tertiary/aromatic N) is 3. The van der Waals surface area contributed by atoms with Gasteiger partial charge in [0, 0.05) is 38.1 Å². The van der Waals surface area contributed by atoms with Crippen LogP contribution in [-0.2, 0) is 9.59 Å². The van der Waals surface area contributed by atoms with Crippen LogP contribution in [0.2, 0.25) is 5.02 Å². The maximum Gasteiger partial charge on any atom is 0.286 e. The van der Waals surface area contributed by atoms with E-state index >= 15 is 0 Å². The third-order valence-electron chi connectivity index (χ3n) is 3.80. The van der Waals surface area contributed by atoms with Crippen molar-refractivity contribution in [1.82, 2.24) is 9.80 Å². The predicted molar refractivity (Wildman–Crippen MR) is 93.3 cm³/mol. The minimum Gasteiger partial charge on any atom is -0.347 e. The largest absolute Gasteiger partial charge is 0.347 e. The first-order valence-corrected chi connectivity index (χ1v) is 8.51. The van der Waals surface area contributed by atoms with Crippen LogP contribution < -0.4 is 0 Å². The number of piperazine rings is 1. The number of halogens is 1. The molecule has 7 heteroatoms. The van der Waals surface area contributed by atoms with Crippen LogP contribution in [0.4, 0.5) is 0 Å². The molecule has 0 radical (unpaired) electrons. The normalized spacial score (nSPS) is 20.2. The average Bonchev–Trinajstić information content (AvgIpc) is 2.91. The highest BCUT2D eigenvalue weighted by atomic mass is 35.5. The van der Waals surface area contributed by atoms with Crippen LogP contribution in [0.15, 0.2) is 34.2 Å². The summed E-state index contributed by atoms with van der Waals surface area (Å²) in [6, 6.07) is 7.39. The molecule has 1 aromatic rings. The maximum atomic E-state index is 12.1. The second-order valence-corrected chi connectivity index (χ2v) is 6.74. The maximum absolute atomic E-state index is 12.1. The van der Waals surface area contributed by atoms with Crippen LogP contribution in [0.1, 0.15) is 12.5 Å². The van der Waals surface area contributed by atoms with Gasteiger partial charge < -0.3 is 9.80 Å². The molecule has 2 amide bonds. The van der Waals surface area contributed by atoms with Crippen LogP contribution in [0.5, 0.6) is 0 Å². The fourth-order valence-electron chi connectivity index (χ4n) is 2.48. The zero-order valence-electron chi connectivity index (χ0n) is 12.7. The van der Waals surface area contributed by atoms with E-state index in [1.165, 1.54) is 11.8 Å². The molecule has 0 aliphatic carbocycles. The third-order valence-corrected chi connectivity index (χ3v) is 5.19. The van der Waals surface area contributed by atoms with Crippen molar-refractivity contribution in [2.24, 2.45) is 4.99 Å². The molecule has 5 nitrogen and oxygen atoms in total. The highest BCUT2D eigenvalue weighted by Gasteiger charge is 2.29. The standard InChI is InChI=1S/C16H16ClN3O2S/c1-11(21)19-6-8-20(9-7-19)16-18-15(22)14(23-16)10-12-4-2-3-5-13(12)17/h2-5,10H,6-9H2,1H3. The molecule has 1 aromatic carbocycles. The Morgan fingerprint density at radius 3 is 2.61 bits per heavy atom. The van der Waals surface area contributed by atoms with Gasteiger partial charge in [-0.15, -0.1) is 0 Å². The number of carbonyl (C=O) groups is 2. The molecule has 0 aromatic heterocycles. The van der Waals surface area contributed by atoms with Gasteiger partial charge in [-0.25, -0.2) is 0 Å². The van der Waals surface area contributed by atoms with E-state index in [0.717, 1.165) is 5.56 Å². The lowest BCUT2D eigenvalue weighted by molar-refractivity contribution is -0.130. The Hall–Kier alpha value is -1.79. The number of thioether (sulfide) groups is 1. The zero-order valence-corrected chi connectivity index (χ0v) is 14.2. The number of rotatable bonds is 1. The molecular weight excluding hydrogens is 334 g/mol. The Morgan fingerprint density at radius 1 is 1.26 bits per heavy atom. The van der Waals surface area contributed by atoms with E-state index in [4.69, 9.17) is 11.6 Å². The van der Waals surface area contributed by atoms with Crippen molar-refractivity contribution in [3.63, 3.8) is 0 Å². The predicted octanol–water partition coefficient (Wildman–Crippen LogP) is 2.47. The van der Waals surface area contributed by atoms with Gasteiger partial charge in [0.1, 0.15) is 0 Å². The lowest BCUT2D eigenvalue weighted by atomic mass is 10.2. The van der Waals surface area contributed by atoms with Crippen molar-refractivity contribution < 1.29 is 9.59 Å². The van der Waals surface area contributed by atoms with E-state index in [1.807, 2.05) is 18.2 Å². The van der Waals surface area contributed by atoms with Gasteiger partial charge in [0.25, 0.3) is 5.91 Å². The van der Waals surface area contributed by atoms with E-state index < -0.39 is 0 Å². The molecule has 0 spiro atoms. The minimum absolute atomic E-state index is 0.0843. The fraction of sp³-hybridized carbons (Fsp3) is 0.312. The highest BCUT2D eigenvalue weighted by molar-refractivity contribution is 8.18. The molecule has 0 saturated carbocycles. The average molecular weight is 350 g/mol. The lowest BCUT2D eigenvalue weighted by Gasteiger charge is -2.34. The van der Waals surface area contributed by atoms with Crippen molar-refractivity contribution in [3.8, 4) is 0 Å². The molecular formula is C16H16ClN3O2S. The van der Waals surface area contributed by atoms with E-state index in [1.54, 1.807) is 24.0 Å². The monoisotopic (exact) mass is 349 g/mol. The zero-order chi connectivity index (χ0) is 16.4. The summed E-state index contributed by atoms with van der Waals surface area (Å²) >= 11 is 7.49. The summed E-state index contributed by atoms with van der Waals surface area (Å²) in [5.41, 5.74) is 0.808. The SMILES string of the molecule is CC(=O)N1CCN(C2=NC(=O)C(=Cc3ccccc3Cl)S2)CC1. The molecule has 3 rings (SSSR count). The Balaban J connectivity index is 1.69. The van der Waals surface area contributed by atoms with E-state index in [0.29, 0.717) is 41.3 Å². The van der Waals surface area contributed by atoms with E-state index in [9.17, 15) is 9.59 Å². The van der Waals surface area contributed by atoms with Gasteiger partial charge in [-0.3, -0.25) is 9.59 Å². The molecule has 2 aliphatic rings. The second kappa shape index (κ2) is 6.76. The van der Waals surface area contributed by atoms with Crippen molar-refractivity contribution in [3.05, 3.63) is 39.8 Å². The van der Waals surface area contributed by atoms with E-state index in [-0.39, 0.29) is 11.8 Å². The van der Waals surface area contributed by atoms with Crippen molar-refractivity contribution in [2.75, 3.05) is 26.2 Å². The summed E-state index contributed by atoms with van der Waals surface area (Å²) in [6.07, 6.45) is 1.78. The van der Waals surface area contributed by atoms with Gasteiger partial charge in [0.05, 0.1) is 4.91 Å². The summed E-state index contributed by atoms with van der Waals surface area (Å²) in [4.78, 5) is 32.0. The van der Waals surface area contributed by atoms with Crippen LogP contribution in [0.25, 0.3) is 6.08 Å². The molecule has 0 unspecified atom stereocenters. The van der Waals surface area contributed by atoms with E-state index in [2.05, 4.69) is 9.89 Å². The lowest BCUT2D eigenvalue weighted by Crippen LogP contribution is -2.49. The number of benzene rings is 1. The first-order valence-electron chi connectivity index (χ1n) is 7.32. The van der Waals surface area contributed by atoms with Gasteiger partial charge in [0.15, 0.2) is 5.17 Å². The number of aliphatic imine (C=N–C) groups is 1. The van der Waals surface area contributed by atoms with Crippen LogP contribution in [0, 0.1) is 0 Å². The molecule has 0 N–H and O–H groups in total. The van der Waals surface area contributed by atoms with Gasteiger partial charge in [-0.1, -0.05) is 29.8 Å². The molecule has 120 valence electrons. The molecule has 1 saturated heterocycles. The summed E-state index contributed by atoms with van der Waals surface area (Å²) in [6.45, 7) is 4.28. The molecule has 1 fully saturated rings. The second-order valence-electron chi connectivity index (χ2n) is 5.32. The number of hydrogen-bond donors (Lipinski definition) is 0. The van der Waals surface area contributed by atoms with Crippen molar-refractivity contribution >= 4 is 46.4 Å². The van der Waals surface area contributed by atoms with Crippen molar-refractivity contribution in [2.45, 2.75) is 6.92 Å². The first-order chi connectivity index (χ1) is 11.0. The highest BCUT2D eigenvalue weighted by Crippen LogP contribution is 2.32. The Kier molecular flexibility index (Phi) is 4.73. The molecule has 2 heterocycles. The van der Waals surface area contributed by atoms with Crippen LogP contribution in [0.3, 0.4) is 0 Å². The number of hydrogen-bond acceptors (Lipinski definition) is 4. The minimum atomic E-state index is -0.237. The molecule has 0 atom stereocenters. The molecule has 2 aliphatic heterocycles. The van der Waals surface area contributed by atoms with Crippen molar-refractivity contribution in [1.29, 1.82) is 0 Å². The number of amides is 2. The first kappa shape index (κ1) is 16.1. The smallest absolute Gasteiger partial charge is 0.286 e. The Labute approximate surface area is 144 Å². The van der Waals surface area contributed by atoms with Gasteiger partial charge in [0.2, 0.25) is 5.91 Å². The summed E-state index contributed by atoms with van der Waals surface area (Å²) in [7, 11) is 0. The Bertz CT molecular complexity index is 709. The topological polar surface area (TPSA) is 53.0 Å². The number of amidine groups is 1. The fourth-order valence-corrected chi connectivity index (χ4v) is 3.63. The Morgan fingerprint density at radius 2 is 1.96 bits per heavy atom. The van der Waals surface area contributed by atoms with Gasteiger partial charge >= 0.3 is 0 Å². The van der Waals surface area contributed by atoms with Gasteiger partial charge in [-0.2, -0.15) is 4.99 Å². The summed E-state index contributed by atoms with van der Waals surface area (Å²) in [5.74, 6) is -0.153. The van der Waals surface area contributed by atoms with Crippen LogP contribution in [-0.4, -0.2) is 53.0 Å². The quantitative estimate of drug-likeness (QED) is 0.731. The van der Waals surface area contributed by atoms with Gasteiger partial charge in [-0.05, 0) is 29.5 Å². The van der Waals surface area contributed by atoms with Crippen LogP contribution >= 0.6 is 23.4 Å².